The minimum atomic E-state index is 0.780. The zero-order valence-electron chi connectivity index (χ0n) is 5.60. The molecule has 0 aromatic carbocycles. The first-order valence-electron chi connectivity index (χ1n) is 3.14. The number of rotatable bonds is 0. The molecule has 9 heavy (non-hydrogen) atoms. The van der Waals surface area contributed by atoms with Gasteiger partial charge in [-0.15, -0.1) is 0 Å². The third-order valence-corrected chi connectivity index (χ3v) is 1.49. The maximum absolute atomic E-state index is 5.19. The highest BCUT2D eigenvalue weighted by atomic mass is 16.5. The van der Waals surface area contributed by atoms with Crippen molar-refractivity contribution >= 4 is 0 Å². The molecule has 0 bridgehead atoms. The molecule has 1 rings (SSSR count). The van der Waals surface area contributed by atoms with Gasteiger partial charge in [-0.3, -0.25) is 7.05 Å². The van der Waals surface area contributed by atoms with Gasteiger partial charge in [-0.25, -0.2) is 0 Å². The maximum atomic E-state index is 5.19. The lowest BCUT2D eigenvalue weighted by molar-refractivity contribution is 0.146. The van der Waals surface area contributed by atoms with E-state index >= 15 is 0 Å². The third-order valence-electron chi connectivity index (χ3n) is 1.49. The van der Waals surface area contributed by atoms with Crippen molar-refractivity contribution in [2.24, 2.45) is 0 Å². The zero-order valence-corrected chi connectivity index (χ0v) is 5.60. The zero-order chi connectivity index (χ0) is 6.69. The predicted octanol–water partition coefficient (Wildman–Crippen LogP) is 1.01. The van der Waals surface area contributed by atoms with Crippen LogP contribution in [0.2, 0.25) is 0 Å². The SMILES string of the molecule is C=C1CCOCCN1[CH2-]. The van der Waals surface area contributed by atoms with Crippen molar-refractivity contribution in [2.45, 2.75) is 6.42 Å². The van der Waals surface area contributed by atoms with E-state index < -0.39 is 0 Å². The third kappa shape index (κ3) is 1.72. The van der Waals surface area contributed by atoms with Crippen LogP contribution in [0.5, 0.6) is 0 Å². The van der Waals surface area contributed by atoms with Crippen molar-refractivity contribution in [2.75, 3.05) is 19.8 Å². The van der Waals surface area contributed by atoms with E-state index in [0.29, 0.717) is 0 Å². The van der Waals surface area contributed by atoms with E-state index in [-0.39, 0.29) is 0 Å². The lowest BCUT2D eigenvalue weighted by Crippen LogP contribution is -2.15. The number of nitrogens with zero attached hydrogens (tertiary/aromatic N) is 1. The molecule has 0 saturated carbocycles. The summed E-state index contributed by atoms with van der Waals surface area (Å²) < 4.78 is 5.19. The summed E-state index contributed by atoms with van der Waals surface area (Å²) in [5, 5.41) is 0. The Morgan fingerprint density at radius 3 is 3.11 bits per heavy atom. The Morgan fingerprint density at radius 1 is 1.56 bits per heavy atom. The summed E-state index contributed by atoms with van der Waals surface area (Å²) in [5.74, 6) is 0. The highest BCUT2D eigenvalue weighted by molar-refractivity contribution is 4.94. The predicted molar refractivity (Wildman–Crippen MR) is 36.6 cm³/mol. The van der Waals surface area contributed by atoms with Crippen LogP contribution in [0, 0.1) is 7.05 Å². The molecular weight excluding hydrogens is 114 g/mol. The number of hydrogen-bond donors (Lipinski definition) is 0. The Labute approximate surface area is 56.1 Å². The summed E-state index contributed by atoms with van der Waals surface area (Å²) in [5.41, 5.74) is 1.08. The van der Waals surface area contributed by atoms with Crippen LogP contribution >= 0.6 is 0 Å². The summed E-state index contributed by atoms with van der Waals surface area (Å²) in [6.45, 7) is 6.29. The first-order valence-corrected chi connectivity index (χ1v) is 3.14. The van der Waals surface area contributed by atoms with Gasteiger partial charge in [0.2, 0.25) is 0 Å². The van der Waals surface area contributed by atoms with Crippen LogP contribution in [0.25, 0.3) is 0 Å². The Morgan fingerprint density at radius 2 is 2.33 bits per heavy atom. The Kier molecular flexibility index (Phi) is 2.11. The fourth-order valence-electron chi connectivity index (χ4n) is 0.783. The normalized spacial score (nSPS) is 21.9. The van der Waals surface area contributed by atoms with Gasteiger partial charge in [-0.1, -0.05) is 6.58 Å². The van der Waals surface area contributed by atoms with E-state index in [1.165, 1.54) is 0 Å². The van der Waals surface area contributed by atoms with E-state index in [2.05, 4.69) is 13.6 Å². The fourth-order valence-corrected chi connectivity index (χ4v) is 0.783. The Balaban J connectivity index is 2.41. The average molecular weight is 126 g/mol. The molecule has 2 heteroatoms. The molecular formula is C7H12NO-. The van der Waals surface area contributed by atoms with Crippen molar-refractivity contribution in [3.8, 4) is 0 Å². The molecule has 0 aromatic rings. The monoisotopic (exact) mass is 126 g/mol. The van der Waals surface area contributed by atoms with Gasteiger partial charge in [0.15, 0.2) is 0 Å². The van der Waals surface area contributed by atoms with E-state index in [9.17, 15) is 0 Å². The number of hydrogen-bond acceptors (Lipinski definition) is 2. The first kappa shape index (κ1) is 6.62. The van der Waals surface area contributed by atoms with Gasteiger partial charge in [0.05, 0.1) is 13.2 Å². The van der Waals surface area contributed by atoms with Gasteiger partial charge >= 0.3 is 0 Å². The van der Waals surface area contributed by atoms with Gasteiger partial charge in [0.1, 0.15) is 0 Å². The van der Waals surface area contributed by atoms with E-state index in [4.69, 9.17) is 4.74 Å². The standard InChI is InChI=1S/C7H12NO/c1-7-3-5-9-6-4-8(7)2/h1-6H2/q-1. The second kappa shape index (κ2) is 2.87. The van der Waals surface area contributed by atoms with Crippen molar-refractivity contribution in [1.29, 1.82) is 0 Å². The van der Waals surface area contributed by atoms with Gasteiger partial charge in [-0.05, 0) is 5.70 Å². The van der Waals surface area contributed by atoms with Crippen LogP contribution in [0.3, 0.4) is 0 Å². The molecule has 0 spiro atoms. The summed E-state index contributed by atoms with van der Waals surface area (Å²) in [4.78, 5) is 1.90. The molecule has 1 heterocycles. The molecule has 0 N–H and O–H groups in total. The highest BCUT2D eigenvalue weighted by Crippen LogP contribution is 2.07. The van der Waals surface area contributed by atoms with Crippen LogP contribution in [0.15, 0.2) is 12.3 Å². The van der Waals surface area contributed by atoms with Crippen LogP contribution in [0.4, 0.5) is 0 Å². The highest BCUT2D eigenvalue weighted by Gasteiger charge is 2.01. The molecule has 0 unspecified atom stereocenters. The number of ether oxygens (including phenoxy) is 1. The summed E-state index contributed by atoms with van der Waals surface area (Å²) in [6.07, 6.45) is 0.920. The Bertz CT molecular complexity index is 111. The quantitative estimate of drug-likeness (QED) is 0.449. The minimum absolute atomic E-state index is 0.780. The molecule has 1 aliphatic rings. The molecule has 1 saturated heterocycles. The van der Waals surface area contributed by atoms with Crippen LogP contribution in [0.1, 0.15) is 6.42 Å². The van der Waals surface area contributed by atoms with Crippen LogP contribution in [-0.4, -0.2) is 24.7 Å². The van der Waals surface area contributed by atoms with Crippen molar-refractivity contribution in [3.63, 3.8) is 0 Å². The van der Waals surface area contributed by atoms with Crippen LogP contribution < -0.4 is 0 Å². The van der Waals surface area contributed by atoms with Crippen molar-refractivity contribution < 1.29 is 4.74 Å². The summed E-state index contributed by atoms with van der Waals surface area (Å²) in [7, 11) is 3.79. The van der Waals surface area contributed by atoms with Gasteiger partial charge in [-0.2, -0.15) is 0 Å². The van der Waals surface area contributed by atoms with E-state index in [0.717, 1.165) is 31.9 Å². The molecule has 0 atom stereocenters. The van der Waals surface area contributed by atoms with Gasteiger partial charge in [0.25, 0.3) is 0 Å². The first-order chi connectivity index (χ1) is 4.30. The van der Waals surface area contributed by atoms with E-state index in [1.807, 2.05) is 4.90 Å². The van der Waals surface area contributed by atoms with Gasteiger partial charge < -0.3 is 9.64 Å². The molecule has 1 aliphatic heterocycles. The topological polar surface area (TPSA) is 12.5 Å². The smallest absolute Gasteiger partial charge is 0.0616 e. The average Bonchev–Trinajstić information content (AvgIpc) is 1.99. The van der Waals surface area contributed by atoms with Crippen LogP contribution in [-0.2, 0) is 4.74 Å². The molecule has 0 amide bonds. The van der Waals surface area contributed by atoms with Gasteiger partial charge in [0, 0.05) is 13.0 Å². The molecule has 1 fully saturated rings. The molecule has 0 aromatic heterocycles. The molecule has 2 nitrogen and oxygen atoms in total. The molecule has 0 radical (unpaired) electrons. The largest absolute Gasteiger partial charge is 0.527 e. The minimum Gasteiger partial charge on any atom is -0.527 e. The van der Waals surface area contributed by atoms with Crippen molar-refractivity contribution in [1.82, 2.24) is 4.90 Å². The lowest BCUT2D eigenvalue weighted by Gasteiger charge is -2.26. The lowest BCUT2D eigenvalue weighted by atomic mass is 10.3. The second-order valence-corrected chi connectivity index (χ2v) is 2.19. The fraction of sp³-hybridized carbons (Fsp3) is 0.571. The van der Waals surface area contributed by atoms with Crippen molar-refractivity contribution in [3.05, 3.63) is 19.3 Å². The summed E-state index contributed by atoms with van der Waals surface area (Å²) >= 11 is 0. The Hall–Kier alpha value is -0.500. The maximum Gasteiger partial charge on any atom is 0.0616 e. The molecule has 52 valence electrons. The second-order valence-electron chi connectivity index (χ2n) is 2.19. The summed E-state index contributed by atoms with van der Waals surface area (Å²) in [6, 6.07) is 0. The van der Waals surface area contributed by atoms with E-state index in [1.54, 1.807) is 0 Å². The molecule has 0 aliphatic carbocycles.